The molecule has 1 aromatic carbocycles. The number of anilines is 1. The van der Waals surface area contributed by atoms with Crippen molar-refractivity contribution >= 4 is 34.4 Å². The van der Waals surface area contributed by atoms with E-state index >= 15 is 0 Å². The average molecular weight is 332 g/mol. The SMILES string of the molecule is Cc1cc(C(=O)CCC(=O)Nc2cccc([N+](=O)[O-])c2)c(C)s1. The molecule has 0 aliphatic heterocycles. The molecule has 120 valence electrons. The fourth-order valence-corrected chi connectivity index (χ4v) is 3.13. The molecule has 2 rings (SSSR count). The van der Waals surface area contributed by atoms with Gasteiger partial charge in [-0.3, -0.25) is 19.7 Å². The molecule has 1 N–H and O–H groups in total. The summed E-state index contributed by atoms with van der Waals surface area (Å²) in [5.74, 6) is -0.413. The summed E-state index contributed by atoms with van der Waals surface area (Å²) >= 11 is 1.55. The number of carbonyl (C=O) groups is 2. The Balaban J connectivity index is 1.92. The standard InChI is InChI=1S/C16H16N2O4S/c1-10-8-14(11(2)23-10)15(19)6-7-16(20)17-12-4-3-5-13(9-12)18(21)22/h3-5,8-9H,6-7H2,1-2H3,(H,17,20). The fourth-order valence-electron chi connectivity index (χ4n) is 2.19. The third-order valence-corrected chi connectivity index (χ3v) is 4.23. The van der Waals surface area contributed by atoms with E-state index in [0.29, 0.717) is 11.3 Å². The number of amides is 1. The lowest BCUT2D eigenvalue weighted by molar-refractivity contribution is -0.384. The summed E-state index contributed by atoms with van der Waals surface area (Å²) in [7, 11) is 0. The van der Waals surface area contributed by atoms with E-state index in [-0.39, 0.29) is 30.2 Å². The van der Waals surface area contributed by atoms with Crippen LogP contribution in [0.2, 0.25) is 0 Å². The molecule has 0 radical (unpaired) electrons. The first kappa shape index (κ1) is 16.8. The van der Waals surface area contributed by atoms with Crippen LogP contribution < -0.4 is 5.32 Å². The fraction of sp³-hybridized carbons (Fsp3) is 0.250. The second-order valence-electron chi connectivity index (χ2n) is 5.11. The highest BCUT2D eigenvalue weighted by atomic mass is 32.1. The Morgan fingerprint density at radius 2 is 1.96 bits per heavy atom. The molecular weight excluding hydrogens is 316 g/mol. The number of non-ortho nitro benzene ring substituents is 1. The molecule has 7 heteroatoms. The summed E-state index contributed by atoms with van der Waals surface area (Å²) in [5.41, 5.74) is 0.915. The molecule has 0 saturated heterocycles. The zero-order chi connectivity index (χ0) is 17.0. The number of nitrogens with one attached hydrogen (secondary N) is 1. The van der Waals surface area contributed by atoms with E-state index in [1.165, 1.54) is 18.2 Å². The van der Waals surface area contributed by atoms with Gasteiger partial charge in [0.1, 0.15) is 0 Å². The number of rotatable bonds is 6. The Labute approximate surface area is 137 Å². The van der Waals surface area contributed by atoms with Crippen molar-refractivity contribution in [3.8, 4) is 0 Å². The van der Waals surface area contributed by atoms with Gasteiger partial charge < -0.3 is 5.32 Å². The summed E-state index contributed by atoms with van der Waals surface area (Å²) in [6.45, 7) is 3.82. The molecule has 1 amide bonds. The maximum Gasteiger partial charge on any atom is 0.271 e. The van der Waals surface area contributed by atoms with E-state index in [1.807, 2.05) is 19.9 Å². The van der Waals surface area contributed by atoms with Crippen molar-refractivity contribution in [1.82, 2.24) is 0 Å². The lowest BCUT2D eigenvalue weighted by Gasteiger charge is -2.05. The van der Waals surface area contributed by atoms with Crippen LogP contribution in [-0.4, -0.2) is 16.6 Å². The molecule has 0 fully saturated rings. The highest BCUT2D eigenvalue weighted by molar-refractivity contribution is 7.12. The molecule has 0 unspecified atom stereocenters. The van der Waals surface area contributed by atoms with E-state index in [0.717, 1.165) is 9.75 Å². The van der Waals surface area contributed by atoms with Gasteiger partial charge in [0, 0.05) is 46.0 Å². The van der Waals surface area contributed by atoms with E-state index in [2.05, 4.69) is 5.32 Å². The van der Waals surface area contributed by atoms with Gasteiger partial charge in [0.2, 0.25) is 5.91 Å². The maximum absolute atomic E-state index is 12.1. The van der Waals surface area contributed by atoms with Crippen LogP contribution in [0.3, 0.4) is 0 Å². The Bertz CT molecular complexity index is 767. The zero-order valence-electron chi connectivity index (χ0n) is 12.8. The minimum absolute atomic E-state index is 0.0376. The number of benzene rings is 1. The van der Waals surface area contributed by atoms with Gasteiger partial charge in [0.15, 0.2) is 5.78 Å². The number of ketones is 1. The maximum atomic E-state index is 12.1. The second-order valence-corrected chi connectivity index (χ2v) is 6.57. The van der Waals surface area contributed by atoms with Crippen molar-refractivity contribution in [2.24, 2.45) is 0 Å². The summed E-state index contributed by atoms with van der Waals surface area (Å²) < 4.78 is 0. The van der Waals surface area contributed by atoms with Crippen LogP contribution >= 0.6 is 11.3 Å². The molecule has 0 saturated carbocycles. The second kappa shape index (κ2) is 7.15. The number of nitro groups is 1. The number of nitro benzene ring substituents is 1. The monoisotopic (exact) mass is 332 g/mol. The summed E-state index contributed by atoms with van der Waals surface area (Å²) in [6.07, 6.45) is 0.146. The van der Waals surface area contributed by atoms with Gasteiger partial charge in [-0.1, -0.05) is 6.07 Å². The van der Waals surface area contributed by atoms with Crippen LogP contribution in [0.4, 0.5) is 11.4 Å². The van der Waals surface area contributed by atoms with E-state index < -0.39 is 4.92 Å². The van der Waals surface area contributed by atoms with Crippen molar-refractivity contribution in [3.63, 3.8) is 0 Å². The van der Waals surface area contributed by atoms with Crippen molar-refractivity contribution in [2.45, 2.75) is 26.7 Å². The highest BCUT2D eigenvalue weighted by Crippen LogP contribution is 2.22. The van der Waals surface area contributed by atoms with Crippen LogP contribution in [-0.2, 0) is 4.79 Å². The molecule has 0 aliphatic carbocycles. The molecule has 0 aliphatic rings. The number of nitrogens with zero attached hydrogens (tertiary/aromatic N) is 1. The lowest BCUT2D eigenvalue weighted by Crippen LogP contribution is -2.13. The quantitative estimate of drug-likeness (QED) is 0.494. The van der Waals surface area contributed by atoms with Crippen molar-refractivity contribution in [1.29, 1.82) is 0 Å². The van der Waals surface area contributed by atoms with E-state index in [1.54, 1.807) is 17.4 Å². The predicted octanol–water partition coefficient (Wildman–Crippen LogP) is 3.87. The average Bonchev–Trinajstić information content (AvgIpc) is 2.84. The highest BCUT2D eigenvalue weighted by Gasteiger charge is 2.14. The first-order chi connectivity index (χ1) is 10.9. The van der Waals surface area contributed by atoms with Gasteiger partial charge in [-0.2, -0.15) is 0 Å². The number of aryl methyl sites for hydroxylation is 2. The first-order valence-corrected chi connectivity index (χ1v) is 7.83. The van der Waals surface area contributed by atoms with E-state index in [4.69, 9.17) is 0 Å². The molecule has 23 heavy (non-hydrogen) atoms. The molecule has 2 aromatic rings. The molecule has 0 spiro atoms. The normalized spacial score (nSPS) is 10.3. The minimum atomic E-state index is -0.527. The largest absolute Gasteiger partial charge is 0.326 e. The lowest BCUT2D eigenvalue weighted by atomic mass is 10.1. The van der Waals surface area contributed by atoms with Crippen LogP contribution in [0, 0.1) is 24.0 Å². The number of thiophene rings is 1. The van der Waals surface area contributed by atoms with Crippen molar-refractivity contribution < 1.29 is 14.5 Å². The van der Waals surface area contributed by atoms with Gasteiger partial charge in [-0.05, 0) is 26.0 Å². The molecule has 0 atom stereocenters. The van der Waals surface area contributed by atoms with Gasteiger partial charge in [0.05, 0.1) is 4.92 Å². The van der Waals surface area contributed by atoms with Crippen molar-refractivity contribution in [2.75, 3.05) is 5.32 Å². The Morgan fingerprint density at radius 1 is 1.22 bits per heavy atom. The number of carbonyl (C=O) groups excluding carboxylic acids is 2. The molecule has 1 heterocycles. The van der Waals surface area contributed by atoms with Crippen LogP contribution in [0.5, 0.6) is 0 Å². The summed E-state index contributed by atoms with van der Waals surface area (Å²) in [4.78, 5) is 36.2. The van der Waals surface area contributed by atoms with Gasteiger partial charge in [0.25, 0.3) is 5.69 Å². The van der Waals surface area contributed by atoms with E-state index in [9.17, 15) is 19.7 Å². The van der Waals surface area contributed by atoms with Gasteiger partial charge in [-0.25, -0.2) is 0 Å². The number of Topliss-reactive ketones (excluding diaryl/α,β-unsaturated/α-hetero) is 1. The molecule has 0 bridgehead atoms. The first-order valence-electron chi connectivity index (χ1n) is 7.01. The minimum Gasteiger partial charge on any atom is -0.326 e. The Hall–Kier alpha value is -2.54. The molecule has 1 aromatic heterocycles. The Morgan fingerprint density at radius 3 is 2.57 bits per heavy atom. The van der Waals surface area contributed by atoms with Gasteiger partial charge in [-0.15, -0.1) is 11.3 Å². The Kier molecular flexibility index (Phi) is 5.23. The molecule has 6 nitrogen and oxygen atoms in total. The summed E-state index contributed by atoms with van der Waals surface area (Å²) in [6, 6.07) is 7.53. The number of hydrogen-bond acceptors (Lipinski definition) is 5. The smallest absolute Gasteiger partial charge is 0.271 e. The molecular formula is C16H16N2O4S. The van der Waals surface area contributed by atoms with Crippen molar-refractivity contribution in [3.05, 3.63) is 55.8 Å². The number of hydrogen-bond donors (Lipinski definition) is 1. The van der Waals surface area contributed by atoms with Gasteiger partial charge >= 0.3 is 0 Å². The zero-order valence-corrected chi connectivity index (χ0v) is 13.6. The van der Waals surface area contributed by atoms with Crippen LogP contribution in [0.25, 0.3) is 0 Å². The summed E-state index contributed by atoms with van der Waals surface area (Å²) in [5, 5.41) is 13.3. The van der Waals surface area contributed by atoms with Crippen LogP contribution in [0.1, 0.15) is 33.0 Å². The van der Waals surface area contributed by atoms with Crippen LogP contribution in [0.15, 0.2) is 30.3 Å². The predicted molar refractivity (Wildman–Crippen MR) is 89.1 cm³/mol. The third kappa shape index (κ3) is 4.46. The topological polar surface area (TPSA) is 89.3 Å². The third-order valence-electron chi connectivity index (χ3n) is 3.26.